The Hall–Kier alpha value is -1.33. The lowest BCUT2D eigenvalue weighted by molar-refractivity contribution is 0.0653. The topological polar surface area (TPSA) is 47.3 Å². The summed E-state index contributed by atoms with van der Waals surface area (Å²) < 4.78 is 8.77. The molecule has 1 unspecified atom stereocenters. The van der Waals surface area contributed by atoms with Crippen LogP contribution < -0.4 is 4.74 Å². The van der Waals surface area contributed by atoms with E-state index in [1.807, 2.05) is 43.0 Å². The first-order valence-electron chi connectivity index (χ1n) is 6.19. The predicted octanol–water partition coefficient (Wildman–Crippen LogP) is 3.05. The number of rotatable bonds is 1. The molecule has 4 nitrogen and oxygen atoms in total. The Kier molecular flexibility index (Phi) is 3.11. The number of halogens is 1. The van der Waals surface area contributed by atoms with Crippen molar-refractivity contribution in [3.8, 4) is 5.75 Å². The Bertz CT molecular complexity index is 624. The van der Waals surface area contributed by atoms with Crippen LogP contribution >= 0.6 is 15.9 Å². The standard InChI is InChI=1S/C14H15BrN2O2/c1-8-11(7-16-17(8)2)14-6-12(18)10-5-9(15)3-4-13(10)19-14/h3-5,7,12,14,18H,6H2,1-2H3/t12-,14?/m1/s1. The van der Waals surface area contributed by atoms with Crippen LogP contribution in [0, 0.1) is 6.92 Å². The van der Waals surface area contributed by atoms with E-state index in [-0.39, 0.29) is 6.10 Å². The fourth-order valence-electron chi connectivity index (χ4n) is 2.44. The van der Waals surface area contributed by atoms with Gasteiger partial charge in [0, 0.05) is 34.8 Å². The summed E-state index contributed by atoms with van der Waals surface area (Å²) in [6.45, 7) is 2.01. The monoisotopic (exact) mass is 322 g/mol. The van der Waals surface area contributed by atoms with Crippen molar-refractivity contribution in [3.63, 3.8) is 0 Å². The van der Waals surface area contributed by atoms with Crippen molar-refractivity contribution in [1.29, 1.82) is 0 Å². The lowest BCUT2D eigenvalue weighted by atomic mass is 9.95. The molecule has 100 valence electrons. The van der Waals surface area contributed by atoms with E-state index in [4.69, 9.17) is 4.74 Å². The predicted molar refractivity (Wildman–Crippen MR) is 75.0 cm³/mol. The van der Waals surface area contributed by atoms with Crippen LogP contribution in [0.15, 0.2) is 28.9 Å². The largest absolute Gasteiger partial charge is 0.485 e. The van der Waals surface area contributed by atoms with E-state index in [0.717, 1.165) is 27.0 Å². The normalized spacial score (nSPS) is 21.9. The Morgan fingerprint density at radius 1 is 1.42 bits per heavy atom. The first-order valence-corrected chi connectivity index (χ1v) is 6.98. The highest BCUT2D eigenvalue weighted by Crippen LogP contribution is 2.42. The Morgan fingerprint density at radius 2 is 2.21 bits per heavy atom. The van der Waals surface area contributed by atoms with Gasteiger partial charge in [0.05, 0.1) is 12.3 Å². The molecule has 0 bridgehead atoms. The first-order chi connectivity index (χ1) is 9.06. The zero-order valence-electron chi connectivity index (χ0n) is 10.8. The third-order valence-corrected chi connectivity index (χ3v) is 4.15. The molecule has 1 aliphatic rings. The average molecular weight is 323 g/mol. The van der Waals surface area contributed by atoms with Gasteiger partial charge >= 0.3 is 0 Å². The van der Waals surface area contributed by atoms with Crippen molar-refractivity contribution in [2.75, 3.05) is 0 Å². The van der Waals surface area contributed by atoms with Crippen molar-refractivity contribution in [2.45, 2.75) is 25.6 Å². The molecule has 0 fully saturated rings. The number of hydrogen-bond acceptors (Lipinski definition) is 3. The van der Waals surface area contributed by atoms with Gasteiger partial charge in [-0.1, -0.05) is 15.9 Å². The van der Waals surface area contributed by atoms with Crippen molar-refractivity contribution in [3.05, 3.63) is 45.7 Å². The number of benzene rings is 1. The maximum Gasteiger partial charge on any atom is 0.130 e. The van der Waals surface area contributed by atoms with Crippen LogP contribution in [0.25, 0.3) is 0 Å². The lowest BCUT2D eigenvalue weighted by Crippen LogP contribution is -2.19. The molecular formula is C14H15BrN2O2. The van der Waals surface area contributed by atoms with Crippen molar-refractivity contribution < 1.29 is 9.84 Å². The number of aromatic nitrogens is 2. The highest BCUT2D eigenvalue weighted by atomic mass is 79.9. The fourth-order valence-corrected chi connectivity index (χ4v) is 2.82. The van der Waals surface area contributed by atoms with Crippen LogP contribution in [-0.4, -0.2) is 14.9 Å². The second-order valence-electron chi connectivity index (χ2n) is 4.85. The Balaban J connectivity index is 1.97. The van der Waals surface area contributed by atoms with Gasteiger partial charge in [0.25, 0.3) is 0 Å². The number of fused-ring (bicyclic) bond motifs is 1. The minimum absolute atomic E-state index is 0.141. The zero-order chi connectivity index (χ0) is 13.6. The smallest absolute Gasteiger partial charge is 0.130 e. The quantitative estimate of drug-likeness (QED) is 0.877. The SMILES string of the molecule is Cc1c(C2C[C@@H](O)c3cc(Br)ccc3O2)cnn1C. The van der Waals surface area contributed by atoms with Crippen molar-refractivity contribution in [2.24, 2.45) is 7.05 Å². The van der Waals surface area contributed by atoms with Gasteiger partial charge in [0.1, 0.15) is 11.9 Å². The molecule has 5 heteroatoms. The van der Waals surface area contributed by atoms with Gasteiger partial charge in [0.15, 0.2) is 0 Å². The second-order valence-corrected chi connectivity index (χ2v) is 5.76. The molecule has 0 saturated carbocycles. The summed E-state index contributed by atoms with van der Waals surface area (Å²) in [6.07, 6.45) is 1.72. The molecule has 1 aliphatic heterocycles. The Morgan fingerprint density at radius 3 is 2.89 bits per heavy atom. The maximum atomic E-state index is 10.3. The summed E-state index contributed by atoms with van der Waals surface area (Å²) in [5.41, 5.74) is 2.94. The van der Waals surface area contributed by atoms with Crippen LogP contribution in [-0.2, 0) is 7.05 Å². The number of ether oxygens (including phenoxy) is 1. The Labute approximate surface area is 120 Å². The van der Waals surface area contributed by atoms with Crippen LogP contribution in [0.4, 0.5) is 0 Å². The van der Waals surface area contributed by atoms with E-state index < -0.39 is 6.10 Å². The number of aryl methyl sites for hydroxylation is 1. The van der Waals surface area contributed by atoms with Crippen LogP contribution in [0.1, 0.15) is 35.4 Å². The highest BCUT2D eigenvalue weighted by molar-refractivity contribution is 9.10. The average Bonchev–Trinajstić information content (AvgIpc) is 2.71. The minimum Gasteiger partial charge on any atom is -0.485 e. The molecule has 0 amide bonds. The van der Waals surface area contributed by atoms with Gasteiger partial charge in [-0.05, 0) is 25.1 Å². The summed E-state index contributed by atoms with van der Waals surface area (Å²) in [6, 6.07) is 5.72. The van der Waals surface area contributed by atoms with E-state index in [9.17, 15) is 5.11 Å². The van der Waals surface area contributed by atoms with Gasteiger partial charge in [-0.25, -0.2) is 0 Å². The number of aliphatic hydroxyl groups excluding tert-OH is 1. The van der Waals surface area contributed by atoms with Gasteiger partial charge in [0.2, 0.25) is 0 Å². The van der Waals surface area contributed by atoms with Crippen LogP contribution in [0.2, 0.25) is 0 Å². The zero-order valence-corrected chi connectivity index (χ0v) is 12.4. The summed E-state index contributed by atoms with van der Waals surface area (Å²) in [5, 5.41) is 14.5. The summed E-state index contributed by atoms with van der Waals surface area (Å²) in [4.78, 5) is 0. The molecule has 19 heavy (non-hydrogen) atoms. The van der Waals surface area contributed by atoms with Crippen LogP contribution in [0.3, 0.4) is 0 Å². The second kappa shape index (κ2) is 4.65. The molecule has 2 atom stereocenters. The minimum atomic E-state index is -0.508. The number of hydrogen-bond donors (Lipinski definition) is 1. The molecule has 1 N–H and O–H groups in total. The number of nitrogens with zero attached hydrogens (tertiary/aromatic N) is 2. The fraction of sp³-hybridized carbons (Fsp3) is 0.357. The molecular weight excluding hydrogens is 308 g/mol. The summed E-state index contributed by atoms with van der Waals surface area (Å²) in [7, 11) is 1.91. The van der Waals surface area contributed by atoms with Crippen LogP contribution in [0.5, 0.6) is 5.75 Å². The highest BCUT2D eigenvalue weighted by Gasteiger charge is 2.30. The summed E-state index contributed by atoms with van der Waals surface area (Å²) >= 11 is 3.41. The molecule has 0 saturated heterocycles. The first kappa shape index (κ1) is 12.7. The molecule has 0 spiro atoms. The third-order valence-electron chi connectivity index (χ3n) is 3.66. The van der Waals surface area contributed by atoms with Gasteiger partial charge in [-0.3, -0.25) is 4.68 Å². The molecule has 0 aliphatic carbocycles. The summed E-state index contributed by atoms with van der Waals surface area (Å²) in [5.74, 6) is 0.746. The molecule has 2 aromatic rings. The van der Waals surface area contributed by atoms with E-state index in [1.165, 1.54) is 0 Å². The number of aliphatic hydroxyl groups is 1. The van der Waals surface area contributed by atoms with Crippen molar-refractivity contribution >= 4 is 15.9 Å². The molecule has 1 aromatic heterocycles. The van der Waals surface area contributed by atoms with Gasteiger partial charge in [-0.15, -0.1) is 0 Å². The van der Waals surface area contributed by atoms with Gasteiger partial charge in [-0.2, -0.15) is 5.10 Å². The van der Waals surface area contributed by atoms with E-state index in [1.54, 1.807) is 0 Å². The molecule has 3 rings (SSSR count). The molecule has 1 aromatic carbocycles. The lowest BCUT2D eigenvalue weighted by Gasteiger charge is -2.29. The third kappa shape index (κ3) is 2.17. The van der Waals surface area contributed by atoms with Gasteiger partial charge < -0.3 is 9.84 Å². The van der Waals surface area contributed by atoms with E-state index in [0.29, 0.717) is 6.42 Å². The van der Waals surface area contributed by atoms with E-state index in [2.05, 4.69) is 21.0 Å². The molecule has 0 radical (unpaired) electrons. The maximum absolute atomic E-state index is 10.3. The molecule has 2 heterocycles. The van der Waals surface area contributed by atoms with Crippen molar-refractivity contribution in [1.82, 2.24) is 9.78 Å². The van der Waals surface area contributed by atoms with E-state index >= 15 is 0 Å².